The number of nitrogens with one attached hydrogen (secondary N) is 1. The molecule has 1 unspecified atom stereocenters. The molecule has 2 rings (SSSR count). The van der Waals surface area contributed by atoms with Gasteiger partial charge in [-0.15, -0.1) is 0 Å². The van der Waals surface area contributed by atoms with Crippen molar-refractivity contribution in [1.82, 2.24) is 10.3 Å². The van der Waals surface area contributed by atoms with E-state index in [-0.39, 0.29) is 24.2 Å². The van der Waals surface area contributed by atoms with Gasteiger partial charge >= 0.3 is 6.18 Å². The van der Waals surface area contributed by atoms with Crippen molar-refractivity contribution in [2.24, 2.45) is 5.92 Å². The number of hydrogen-bond donors (Lipinski definition) is 1. The normalized spacial score (nSPS) is 18.2. The molecule has 122 valence electrons. The summed E-state index contributed by atoms with van der Waals surface area (Å²) in [6, 6.07) is 2.99. The number of carbonyl (C=O) groups excluding carboxylic acids is 1. The SMILES string of the molecule is O=C(CC1CCOC1)NCc1ccnc(OCC(F)(F)F)c1. The fourth-order valence-corrected chi connectivity index (χ4v) is 2.07. The second-order valence-electron chi connectivity index (χ2n) is 5.12. The van der Waals surface area contributed by atoms with Crippen LogP contribution in [0.15, 0.2) is 18.3 Å². The third-order valence-electron chi connectivity index (χ3n) is 3.17. The fraction of sp³-hybridized carbons (Fsp3) is 0.571. The van der Waals surface area contributed by atoms with E-state index in [1.54, 1.807) is 6.07 Å². The highest BCUT2D eigenvalue weighted by atomic mass is 19.4. The predicted molar refractivity (Wildman–Crippen MR) is 71.2 cm³/mol. The molecule has 0 bridgehead atoms. The van der Waals surface area contributed by atoms with Crippen molar-refractivity contribution in [3.05, 3.63) is 23.9 Å². The van der Waals surface area contributed by atoms with Crippen LogP contribution in [0.3, 0.4) is 0 Å². The average molecular weight is 318 g/mol. The molecule has 1 aliphatic heterocycles. The van der Waals surface area contributed by atoms with Crippen LogP contribution in [0.2, 0.25) is 0 Å². The molecular formula is C14H17F3N2O3. The van der Waals surface area contributed by atoms with Crippen molar-refractivity contribution >= 4 is 5.91 Å². The van der Waals surface area contributed by atoms with Gasteiger partial charge in [0.1, 0.15) is 0 Å². The second kappa shape index (κ2) is 7.44. The van der Waals surface area contributed by atoms with Gasteiger partial charge in [-0.3, -0.25) is 4.79 Å². The first-order chi connectivity index (χ1) is 10.4. The fourth-order valence-electron chi connectivity index (χ4n) is 2.07. The third-order valence-corrected chi connectivity index (χ3v) is 3.17. The minimum atomic E-state index is -4.41. The van der Waals surface area contributed by atoms with E-state index in [1.807, 2.05) is 0 Å². The van der Waals surface area contributed by atoms with Gasteiger partial charge < -0.3 is 14.8 Å². The molecule has 0 aromatic carbocycles. The van der Waals surface area contributed by atoms with E-state index in [4.69, 9.17) is 4.74 Å². The summed E-state index contributed by atoms with van der Waals surface area (Å²) in [5.74, 6) is 0.0152. The maximum absolute atomic E-state index is 12.1. The van der Waals surface area contributed by atoms with Crippen LogP contribution in [0.5, 0.6) is 5.88 Å². The largest absolute Gasteiger partial charge is 0.468 e. The summed E-state index contributed by atoms with van der Waals surface area (Å²) in [5.41, 5.74) is 0.628. The highest BCUT2D eigenvalue weighted by Crippen LogP contribution is 2.18. The zero-order valence-electron chi connectivity index (χ0n) is 11.9. The highest BCUT2D eigenvalue weighted by Gasteiger charge is 2.28. The molecule has 0 saturated carbocycles. The Balaban J connectivity index is 1.78. The minimum absolute atomic E-state index is 0.106. The molecule has 1 saturated heterocycles. The molecule has 1 amide bonds. The smallest absolute Gasteiger partial charge is 0.422 e. The Bertz CT molecular complexity index is 502. The van der Waals surface area contributed by atoms with E-state index >= 15 is 0 Å². The van der Waals surface area contributed by atoms with Crippen molar-refractivity contribution in [2.45, 2.75) is 25.6 Å². The summed E-state index contributed by atoms with van der Waals surface area (Å²) in [6.07, 6.45) is -1.80. The van der Waals surface area contributed by atoms with Crippen molar-refractivity contribution in [2.75, 3.05) is 19.8 Å². The van der Waals surface area contributed by atoms with E-state index in [1.165, 1.54) is 12.3 Å². The van der Waals surface area contributed by atoms with Gasteiger partial charge in [-0.1, -0.05) is 0 Å². The highest BCUT2D eigenvalue weighted by molar-refractivity contribution is 5.76. The predicted octanol–water partition coefficient (Wildman–Crippen LogP) is 2.07. The third kappa shape index (κ3) is 5.88. The van der Waals surface area contributed by atoms with Crippen LogP contribution in [0.4, 0.5) is 13.2 Å². The quantitative estimate of drug-likeness (QED) is 0.872. The molecule has 1 fully saturated rings. The second-order valence-corrected chi connectivity index (χ2v) is 5.12. The summed E-state index contributed by atoms with van der Waals surface area (Å²) in [5, 5.41) is 2.73. The molecule has 1 aromatic heterocycles. The van der Waals surface area contributed by atoms with Gasteiger partial charge in [-0.2, -0.15) is 13.2 Å². The molecule has 22 heavy (non-hydrogen) atoms. The van der Waals surface area contributed by atoms with E-state index in [0.29, 0.717) is 25.2 Å². The van der Waals surface area contributed by atoms with Crippen molar-refractivity contribution in [3.63, 3.8) is 0 Å². The average Bonchev–Trinajstić information content (AvgIpc) is 2.96. The van der Waals surface area contributed by atoms with Gasteiger partial charge in [0.25, 0.3) is 0 Å². The van der Waals surface area contributed by atoms with Crippen LogP contribution in [-0.4, -0.2) is 36.9 Å². The van der Waals surface area contributed by atoms with Crippen LogP contribution < -0.4 is 10.1 Å². The van der Waals surface area contributed by atoms with Crippen LogP contribution in [0.25, 0.3) is 0 Å². The first kappa shape index (κ1) is 16.5. The first-order valence-electron chi connectivity index (χ1n) is 6.91. The maximum atomic E-state index is 12.1. The van der Waals surface area contributed by atoms with Crippen LogP contribution in [-0.2, 0) is 16.1 Å². The Hall–Kier alpha value is -1.83. The Morgan fingerprint density at radius 2 is 2.32 bits per heavy atom. The Labute approximate surface area is 125 Å². The zero-order valence-corrected chi connectivity index (χ0v) is 11.9. The number of nitrogens with zero attached hydrogens (tertiary/aromatic N) is 1. The standard InChI is InChI=1S/C14H17F3N2O3/c15-14(16,17)9-22-13-6-10(1-3-18-13)7-19-12(20)5-11-2-4-21-8-11/h1,3,6,11H,2,4-5,7-9H2,(H,19,20). The number of pyridine rings is 1. The summed E-state index contributed by atoms with van der Waals surface area (Å²) in [6.45, 7) is 0.106. The van der Waals surface area contributed by atoms with E-state index in [2.05, 4.69) is 15.0 Å². The number of aromatic nitrogens is 1. The number of ether oxygens (including phenoxy) is 2. The number of carbonyl (C=O) groups is 1. The lowest BCUT2D eigenvalue weighted by Gasteiger charge is -2.11. The molecule has 2 heterocycles. The molecule has 1 aliphatic rings. The van der Waals surface area contributed by atoms with Crippen molar-refractivity contribution in [3.8, 4) is 5.88 Å². The lowest BCUT2D eigenvalue weighted by molar-refractivity contribution is -0.154. The zero-order chi connectivity index (χ0) is 16.0. The molecule has 8 heteroatoms. The van der Waals surface area contributed by atoms with E-state index in [9.17, 15) is 18.0 Å². The monoisotopic (exact) mass is 318 g/mol. The number of rotatable bonds is 6. The van der Waals surface area contributed by atoms with Crippen molar-refractivity contribution < 1.29 is 27.4 Å². The van der Waals surface area contributed by atoms with Crippen molar-refractivity contribution in [1.29, 1.82) is 0 Å². The van der Waals surface area contributed by atoms with E-state index < -0.39 is 12.8 Å². The Morgan fingerprint density at radius 3 is 3.00 bits per heavy atom. The first-order valence-corrected chi connectivity index (χ1v) is 6.91. The molecular weight excluding hydrogens is 301 g/mol. The summed E-state index contributed by atoms with van der Waals surface area (Å²) < 4.78 is 46.0. The van der Waals surface area contributed by atoms with Crippen LogP contribution in [0, 0.1) is 5.92 Å². The van der Waals surface area contributed by atoms with Gasteiger partial charge in [0.05, 0.1) is 0 Å². The van der Waals surface area contributed by atoms with Crippen LogP contribution >= 0.6 is 0 Å². The molecule has 0 radical (unpaired) electrons. The summed E-state index contributed by atoms with van der Waals surface area (Å²) >= 11 is 0. The molecule has 1 N–H and O–H groups in total. The summed E-state index contributed by atoms with van der Waals surface area (Å²) in [4.78, 5) is 15.5. The number of amides is 1. The number of alkyl halides is 3. The maximum Gasteiger partial charge on any atom is 0.422 e. The molecule has 1 atom stereocenters. The van der Waals surface area contributed by atoms with Crippen LogP contribution in [0.1, 0.15) is 18.4 Å². The van der Waals surface area contributed by atoms with Gasteiger partial charge in [0, 0.05) is 38.4 Å². The molecule has 0 aliphatic carbocycles. The topological polar surface area (TPSA) is 60.5 Å². The molecule has 0 spiro atoms. The number of hydrogen-bond acceptors (Lipinski definition) is 4. The molecule has 1 aromatic rings. The lowest BCUT2D eigenvalue weighted by Crippen LogP contribution is -2.25. The lowest BCUT2D eigenvalue weighted by atomic mass is 10.0. The minimum Gasteiger partial charge on any atom is -0.468 e. The van der Waals surface area contributed by atoms with Gasteiger partial charge in [0.15, 0.2) is 6.61 Å². The Morgan fingerprint density at radius 1 is 1.50 bits per heavy atom. The van der Waals surface area contributed by atoms with Gasteiger partial charge in [0.2, 0.25) is 11.8 Å². The van der Waals surface area contributed by atoms with Gasteiger partial charge in [-0.05, 0) is 24.0 Å². The van der Waals surface area contributed by atoms with Gasteiger partial charge in [-0.25, -0.2) is 4.98 Å². The van der Waals surface area contributed by atoms with E-state index in [0.717, 1.165) is 6.42 Å². The summed E-state index contributed by atoms with van der Waals surface area (Å²) in [7, 11) is 0. The molecule has 5 nitrogen and oxygen atoms in total. The number of halogens is 3. The Kier molecular flexibility index (Phi) is 5.59.